The normalized spacial score (nSPS) is 15.6. The fourth-order valence-electron chi connectivity index (χ4n) is 2.72. The number of thiazole rings is 1. The summed E-state index contributed by atoms with van der Waals surface area (Å²) in [7, 11) is 0. The molecular formula is C16H22N4S. The number of aryl methyl sites for hydroxylation is 2. The van der Waals surface area contributed by atoms with Crippen molar-refractivity contribution in [2.75, 3.05) is 36.0 Å². The molecule has 0 atom stereocenters. The molecule has 112 valence electrons. The number of benzene rings is 1. The van der Waals surface area contributed by atoms with Gasteiger partial charge in [-0.15, -0.1) is 11.3 Å². The average molecular weight is 302 g/mol. The Morgan fingerprint density at radius 1 is 1.14 bits per heavy atom. The van der Waals surface area contributed by atoms with Gasteiger partial charge in [-0.05, 0) is 31.5 Å². The van der Waals surface area contributed by atoms with E-state index in [1.807, 2.05) is 6.92 Å². The largest absolute Gasteiger partial charge is 0.368 e. The number of aromatic nitrogens is 1. The summed E-state index contributed by atoms with van der Waals surface area (Å²) in [6.45, 7) is 8.90. The van der Waals surface area contributed by atoms with Crippen LogP contribution in [0.2, 0.25) is 0 Å². The number of hydrogen-bond acceptors (Lipinski definition) is 5. The maximum atomic E-state index is 5.75. The number of rotatable bonds is 3. The number of hydrogen-bond donors (Lipinski definition) is 1. The van der Waals surface area contributed by atoms with Crippen molar-refractivity contribution in [3.63, 3.8) is 0 Å². The Balaban J connectivity index is 1.67. The van der Waals surface area contributed by atoms with Gasteiger partial charge in [-0.1, -0.05) is 12.1 Å². The second-order valence-corrected chi connectivity index (χ2v) is 6.58. The Kier molecular flexibility index (Phi) is 4.12. The van der Waals surface area contributed by atoms with Crippen LogP contribution in [0.1, 0.15) is 16.1 Å². The fourth-order valence-corrected chi connectivity index (χ4v) is 3.71. The zero-order chi connectivity index (χ0) is 14.8. The van der Waals surface area contributed by atoms with Crippen LogP contribution in [0.25, 0.3) is 0 Å². The summed E-state index contributed by atoms with van der Waals surface area (Å²) in [6.07, 6.45) is 0. The molecule has 0 amide bonds. The number of piperazine rings is 1. The lowest BCUT2D eigenvalue weighted by Gasteiger charge is -2.36. The van der Waals surface area contributed by atoms with Crippen LogP contribution in [-0.2, 0) is 6.54 Å². The van der Waals surface area contributed by atoms with Crippen LogP contribution in [0.4, 0.5) is 10.8 Å². The zero-order valence-corrected chi connectivity index (χ0v) is 13.5. The minimum Gasteiger partial charge on any atom is -0.368 e. The van der Waals surface area contributed by atoms with Crippen LogP contribution in [0.15, 0.2) is 24.3 Å². The Labute approximate surface area is 130 Å². The molecule has 0 saturated carbocycles. The highest BCUT2D eigenvalue weighted by Crippen LogP contribution is 2.27. The molecule has 1 aromatic heterocycles. The van der Waals surface area contributed by atoms with Crippen LogP contribution in [-0.4, -0.2) is 31.2 Å². The fraction of sp³-hybridized carbons (Fsp3) is 0.438. The zero-order valence-electron chi connectivity index (χ0n) is 12.7. The maximum Gasteiger partial charge on any atom is 0.185 e. The second-order valence-electron chi connectivity index (χ2n) is 5.52. The topological polar surface area (TPSA) is 45.4 Å². The van der Waals surface area contributed by atoms with E-state index in [-0.39, 0.29) is 0 Å². The van der Waals surface area contributed by atoms with Gasteiger partial charge in [0.2, 0.25) is 0 Å². The summed E-state index contributed by atoms with van der Waals surface area (Å²) >= 11 is 1.74. The van der Waals surface area contributed by atoms with Gasteiger partial charge in [0.1, 0.15) is 0 Å². The molecule has 0 aliphatic carbocycles. The lowest BCUT2D eigenvalue weighted by Crippen LogP contribution is -2.46. The molecule has 0 bridgehead atoms. The van der Waals surface area contributed by atoms with Gasteiger partial charge in [0.15, 0.2) is 5.13 Å². The summed E-state index contributed by atoms with van der Waals surface area (Å²) in [5.74, 6) is 0. The highest BCUT2D eigenvalue weighted by molar-refractivity contribution is 7.15. The number of nitrogens with zero attached hydrogens (tertiary/aromatic N) is 3. The van der Waals surface area contributed by atoms with Crippen molar-refractivity contribution in [2.45, 2.75) is 20.4 Å². The van der Waals surface area contributed by atoms with Crippen molar-refractivity contribution < 1.29 is 0 Å². The van der Waals surface area contributed by atoms with Gasteiger partial charge in [-0.2, -0.15) is 0 Å². The lowest BCUT2D eigenvalue weighted by atomic mass is 10.2. The predicted octanol–water partition coefficient (Wildman–Crippen LogP) is 2.55. The lowest BCUT2D eigenvalue weighted by molar-refractivity contribution is 0.651. The molecule has 4 nitrogen and oxygen atoms in total. The van der Waals surface area contributed by atoms with Gasteiger partial charge >= 0.3 is 0 Å². The summed E-state index contributed by atoms with van der Waals surface area (Å²) < 4.78 is 0. The average Bonchev–Trinajstić information content (AvgIpc) is 2.88. The van der Waals surface area contributed by atoms with Crippen molar-refractivity contribution in [1.29, 1.82) is 0 Å². The monoisotopic (exact) mass is 302 g/mol. The predicted molar refractivity (Wildman–Crippen MR) is 90.3 cm³/mol. The van der Waals surface area contributed by atoms with E-state index < -0.39 is 0 Å². The molecule has 1 aliphatic heterocycles. The second kappa shape index (κ2) is 6.03. The third kappa shape index (κ3) is 3.04. The SMILES string of the molecule is Cc1cccc(N2CCN(c3nc(C)c(CN)s3)CC2)c1. The van der Waals surface area contributed by atoms with E-state index in [1.165, 1.54) is 16.1 Å². The molecule has 1 saturated heterocycles. The first-order valence-corrected chi connectivity index (χ1v) is 8.22. The molecule has 0 radical (unpaired) electrons. The first kappa shape index (κ1) is 14.4. The van der Waals surface area contributed by atoms with E-state index >= 15 is 0 Å². The molecular weight excluding hydrogens is 280 g/mol. The Bertz CT molecular complexity index is 614. The summed E-state index contributed by atoms with van der Waals surface area (Å²) in [4.78, 5) is 10.7. The van der Waals surface area contributed by atoms with Gasteiger partial charge in [0.25, 0.3) is 0 Å². The van der Waals surface area contributed by atoms with Gasteiger partial charge < -0.3 is 15.5 Å². The van der Waals surface area contributed by atoms with E-state index in [1.54, 1.807) is 11.3 Å². The quantitative estimate of drug-likeness (QED) is 0.946. The number of nitrogens with two attached hydrogens (primary N) is 1. The first-order chi connectivity index (χ1) is 10.2. The Hall–Kier alpha value is -1.59. The number of anilines is 2. The third-order valence-corrected chi connectivity index (χ3v) is 5.22. The summed E-state index contributed by atoms with van der Waals surface area (Å²) in [5, 5.41) is 1.12. The molecule has 2 aromatic rings. The van der Waals surface area contributed by atoms with Crippen molar-refractivity contribution in [1.82, 2.24) is 4.98 Å². The van der Waals surface area contributed by atoms with E-state index in [0.29, 0.717) is 6.54 Å². The highest BCUT2D eigenvalue weighted by Gasteiger charge is 2.20. The van der Waals surface area contributed by atoms with Crippen LogP contribution in [0.3, 0.4) is 0 Å². The first-order valence-electron chi connectivity index (χ1n) is 7.40. The smallest absolute Gasteiger partial charge is 0.185 e. The molecule has 2 N–H and O–H groups in total. The van der Waals surface area contributed by atoms with Crippen LogP contribution >= 0.6 is 11.3 Å². The van der Waals surface area contributed by atoms with Gasteiger partial charge in [-0.25, -0.2) is 4.98 Å². The molecule has 1 aliphatic rings. The Morgan fingerprint density at radius 2 is 1.86 bits per heavy atom. The van der Waals surface area contributed by atoms with E-state index in [0.717, 1.165) is 37.0 Å². The van der Waals surface area contributed by atoms with E-state index in [2.05, 4.69) is 46.0 Å². The minimum absolute atomic E-state index is 0.590. The Morgan fingerprint density at radius 3 is 2.48 bits per heavy atom. The van der Waals surface area contributed by atoms with E-state index in [9.17, 15) is 0 Å². The van der Waals surface area contributed by atoms with Gasteiger partial charge in [0.05, 0.1) is 5.69 Å². The summed E-state index contributed by atoms with van der Waals surface area (Å²) in [5.41, 5.74) is 9.48. The van der Waals surface area contributed by atoms with Crippen molar-refractivity contribution >= 4 is 22.2 Å². The van der Waals surface area contributed by atoms with Crippen molar-refractivity contribution in [3.8, 4) is 0 Å². The molecule has 0 spiro atoms. The molecule has 0 unspecified atom stereocenters. The van der Waals surface area contributed by atoms with Crippen LogP contribution < -0.4 is 15.5 Å². The molecule has 2 heterocycles. The van der Waals surface area contributed by atoms with Crippen molar-refractivity contribution in [3.05, 3.63) is 40.4 Å². The molecule has 1 aromatic carbocycles. The van der Waals surface area contributed by atoms with Crippen molar-refractivity contribution in [2.24, 2.45) is 5.73 Å². The molecule has 1 fully saturated rings. The van der Waals surface area contributed by atoms with E-state index in [4.69, 9.17) is 5.73 Å². The maximum absolute atomic E-state index is 5.75. The highest BCUT2D eigenvalue weighted by atomic mass is 32.1. The summed E-state index contributed by atoms with van der Waals surface area (Å²) in [6, 6.07) is 8.74. The third-order valence-electron chi connectivity index (χ3n) is 3.98. The molecule has 3 rings (SSSR count). The van der Waals surface area contributed by atoms with Crippen LogP contribution in [0, 0.1) is 13.8 Å². The molecule has 21 heavy (non-hydrogen) atoms. The van der Waals surface area contributed by atoms with Gasteiger partial charge in [-0.3, -0.25) is 0 Å². The standard InChI is InChI=1S/C16H22N4S/c1-12-4-3-5-14(10-12)19-6-8-20(9-7-19)16-18-13(2)15(11-17)21-16/h3-5,10H,6-9,11,17H2,1-2H3. The minimum atomic E-state index is 0.590. The van der Waals surface area contributed by atoms with Gasteiger partial charge in [0, 0.05) is 43.3 Å². The molecule has 5 heteroatoms. The van der Waals surface area contributed by atoms with Crippen LogP contribution in [0.5, 0.6) is 0 Å².